The summed E-state index contributed by atoms with van der Waals surface area (Å²) < 4.78 is 15.0. The van der Waals surface area contributed by atoms with Crippen LogP contribution < -0.4 is 10.3 Å². The van der Waals surface area contributed by atoms with Gasteiger partial charge in [-0.1, -0.05) is 30.3 Å². The summed E-state index contributed by atoms with van der Waals surface area (Å²) in [6.07, 6.45) is 4.09. The highest BCUT2D eigenvalue weighted by molar-refractivity contribution is 5.90. The Labute approximate surface area is 175 Å². The Balaban J connectivity index is 1.55. The number of benzene rings is 2. The predicted molar refractivity (Wildman–Crippen MR) is 116 cm³/mol. The molecule has 0 atom stereocenters. The standard InChI is InChI=1S/C23H24FN5O/c1-17-21(16-25-26-22(30)15-18-9-11-19(24)12-10-18)23(28-13-5-6-14-28)29(27-17)20-7-3-2-4-8-20/h2-4,7-12,16H,5-6,13-15H2,1H3,(H,26,30)/b25-16+. The van der Waals surface area contributed by atoms with Crippen LogP contribution in [0.4, 0.5) is 10.2 Å². The van der Waals surface area contributed by atoms with E-state index in [1.807, 2.05) is 41.9 Å². The second-order valence-electron chi connectivity index (χ2n) is 7.36. The van der Waals surface area contributed by atoms with Gasteiger partial charge < -0.3 is 4.90 Å². The van der Waals surface area contributed by atoms with Gasteiger partial charge in [0.25, 0.3) is 0 Å². The van der Waals surface area contributed by atoms with Crippen LogP contribution in [0.2, 0.25) is 0 Å². The molecule has 1 amide bonds. The molecule has 0 bridgehead atoms. The molecule has 1 N–H and O–H groups in total. The number of carbonyl (C=O) groups excluding carboxylic acids is 1. The monoisotopic (exact) mass is 405 g/mol. The van der Waals surface area contributed by atoms with Crippen molar-refractivity contribution in [3.8, 4) is 5.69 Å². The molecule has 1 aliphatic rings. The summed E-state index contributed by atoms with van der Waals surface area (Å²) in [5, 5.41) is 8.91. The number of aromatic nitrogens is 2. The van der Waals surface area contributed by atoms with Crippen molar-refractivity contribution in [2.75, 3.05) is 18.0 Å². The van der Waals surface area contributed by atoms with Crippen LogP contribution in [0.15, 0.2) is 59.7 Å². The number of anilines is 1. The minimum atomic E-state index is -0.322. The average Bonchev–Trinajstić information content (AvgIpc) is 3.39. The van der Waals surface area contributed by atoms with Crippen LogP contribution in [-0.2, 0) is 11.2 Å². The molecule has 3 aromatic rings. The van der Waals surface area contributed by atoms with Gasteiger partial charge in [0, 0.05) is 13.1 Å². The highest BCUT2D eigenvalue weighted by atomic mass is 19.1. The van der Waals surface area contributed by atoms with E-state index in [-0.39, 0.29) is 18.1 Å². The summed E-state index contributed by atoms with van der Waals surface area (Å²) >= 11 is 0. The molecule has 30 heavy (non-hydrogen) atoms. The van der Waals surface area contributed by atoms with Crippen molar-refractivity contribution >= 4 is 17.9 Å². The third-order valence-corrected chi connectivity index (χ3v) is 5.15. The average molecular weight is 405 g/mol. The number of nitrogens with zero attached hydrogens (tertiary/aromatic N) is 4. The van der Waals surface area contributed by atoms with Crippen molar-refractivity contribution in [2.45, 2.75) is 26.2 Å². The van der Waals surface area contributed by atoms with E-state index in [2.05, 4.69) is 15.4 Å². The maximum absolute atomic E-state index is 13.0. The molecular weight excluding hydrogens is 381 g/mol. The van der Waals surface area contributed by atoms with Gasteiger partial charge in [-0.25, -0.2) is 14.5 Å². The minimum absolute atomic E-state index is 0.138. The van der Waals surface area contributed by atoms with Gasteiger partial charge in [-0.2, -0.15) is 10.2 Å². The highest BCUT2D eigenvalue weighted by Gasteiger charge is 2.23. The molecule has 1 aromatic heterocycles. The molecule has 1 aliphatic heterocycles. The maximum atomic E-state index is 13.0. The Hall–Kier alpha value is -3.48. The van der Waals surface area contributed by atoms with Gasteiger partial charge >= 0.3 is 0 Å². The van der Waals surface area contributed by atoms with E-state index in [9.17, 15) is 9.18 Å². The van der Waals surface area contributed by atoms with Gasteiger partial charge in [0.05, 0.1) is 29.6 Å². The normalized spacial score (nSPS) is 13.9. The Morgan fingerprint density at radius 2 is 1.83 bits per heavy atom. The lowest BCUT2D eigenvalue weighted by Gasteiger charge is -2.20. The van der Waals surface area contributed by atoms with Crippen LogP contribution in [0.3, 0.4) is 0 Å². The zero-order valence-corrected chi connectivity index (χ0v) is 16.9. The van der Waals surface area contributed by atoms with Crippen molar-refractivity contribution in [3.05, 3.63) is 77.2 Å². The molecule has 6 nitrogen and oxygen atoms in total. The van der Waals surface area contributed by atoms with Crippen LogP contribution in [0, 0.1) is 12.7 Å². The van der Waals surface area contributed by atoms with Crippen LogP contribution >= 0.6 is 0 Å². The lowest BCUT2D eigenvalue weighted by atomic mass is 10.1. The second kappa shape index (κ2) is 8.90. The number of hydrogen-bond acceptors (Lipinski definition) is 4. The van der Waals surface area contributed by atoms with Crippen molar-refractivity contribution < 1.29 is 9.18 Å². The second-order valence-corrected chi connectivity index (χ2v) is 7.36. The van der Waals surface area contributed by atoms with Gasteiger partial charge in [-0.3, -0.25) is 4.79 Å². The fourth-order valence-electron chi connectivity index (χ4n) is 3.66. The number of amides is 1. The van der Waals surface area contributed by atoms with Crippen LogP contribution in [-0.4, -0.2) is 35.0 Å². The van der Waals surface area contributed by atoms with Crippen molar-refractivity contribution in [3.63, 3.8) is 0 Å². The predicted octanol–water partition coefficient (Wildman–Crippen LogP) is 3.61. The SMILES string of the molecule is Cc1nn(-c2ccccc2)c(N2CCCC2)c1/C=N/NC(=O)Cc1ccc(F)cc1. The zero-order valence-electron chi connectivity index (χ0n) is 16.9. The Bertz CT molecular complexity index is 1040. The number of hydrazone groups is 1. The molecule has 2 heterocycles. The molecule has 7 heteroatoms. The fourth-order valence-corrected chi connectivity index (χ4v) is 3.66. The molecule has 154 valence electrons. The van der Waals surface area contributed by atoms with Crippen LogP contribution in [0.1, 0.15) is 29.7 Å². The third-order valence-electron chi connectivity index (χ3n) is 5.15. The smallest absolute Gasteiger partial charge is 0.244 e. The maximum Gasteiger partial charge on any atom is 0.244 e. The number of hydrogen-bond donors (Lipinski definition) is 1. The third kappa shape index (κ3) is 4.40. The summed E-state index contributed by atoms with van der Waals surface area (Å²) in [5.74, 6) is 0.416. The Kier molecular flexibility index (Phi) is 5.88. The number of aryl methyl sites for hydroxylation is 1. The first-order valence-corrected chi connectivity index (χ1v) is 10.1. The van der Waals surface area contributed by atoms with Crippen molar-refractivity contribution in [1.82, 2.24) is 15.2 Å². The van der Waals surface area contributed by atoms with E-state index in [0.717, 1.165) is 54.3 Å². The summed E-state index contributed by atoms with van der Waals surface area (Å²) in [5.41, 5.74) is 6.03. The van der Waals surface area contributed by atoms with E-state index >= 15 is 0 Å². The van der Waals surface area contributed by atoms with E-state index < -0.39 is 0 Å². The first-order chi connectivity index (χ1) is 14.6. The first-order valence-electron chi connectivity index (χ1n) is 10.1. The Morgan fingerprint density at radius 1 is 1.13 bits per heavy atom. The zero-order chi connectivity index (χ0) is 20.9. The number of carbonyl (C=O) groups is 1. The van der Waals surface area contributed by atoms with E-state index in [4.69, 9.17) is 5.10 Å². The van der Waals surface area contributed by atoms with Gasteiger partial charge in [0.15, 0.2) is 0 Å². The lowest BCUT2D eigenvalue weighted by molar-refractivity contribution is -0.120. The summed E-state index contributed by atoms with van der Waals surface area (Å²) in [7, 11) is 0. The molecule has 0 spiro atoms. The van der Waals surface area contributed by atoms with Gasteiger partial charge in [-0.15, -0.1) is 0 Å². The molecule has 0 unspecified atom stereocenters. The summed E-state index contributed by atoms with van der Waals surface area (Å²) in [6, 6.07) is 15.9. The van der Waals surface area contributed by atoms with Crippen LogP contribution in [0.5, 0.6) is 0 Å². The van der Waals surface area contributed by atoms with Gasteiger partial charge in [0.2, 0.25) is 5.91 Å². The molecule has 1 fully saturated rings. The number of nitrogens with one attached hydrogen (secondary N) is 1. The quantitative estimate of drug-likeness (QED) is 0.503. The topological polar surface area (TPSA) is 62.5 Å². The molecule has 0 radical (unpaired) electrons. The van der Waals surface area contributed by atoms with Crippen molar-refractivity contribution in [2.24, 2.45) is 5.10 Å². The van der Waals surface area contributed by atoms with Gasteiger partial charge in [0.1, 0.15) is 11.6 Å². The lowest BCUT2D eigenvalue weighted by Crippen LogP contribution is -2.23. The van der Waals surface area contributed by atoms with Gasteiger partial charge in [-0.05, 0) is 49.6 Å². The summed E-state index contributed by atoms with van der Waals surface area (Å²) in [4.78, 5) is 14.5. The molecule has 0 aliphatic carbocycles. The molecule has 4 rings (SSSR count). The fraction of sp³-hybridized carbons (Fsp3) is 0.261. The van der Waals surface area contributed by atoms with E-state index in [1.54, 1.807) is 18.3 Å². The largest absolute Gasteiger partial charge is 0.356 e. The Morgan fingerprint density at radius 3 is 2.53 bits per heavy atom. The van der Waals surface area contributed by atoms with E-state index in [1.165, 1.54) is 12.1 Å². The number of rotatable bonds is 6. The molecule has 2 aromatic carbocycles. The first kappa shape index (κ1) is 19.8. The minimum Gasteiger partial charge on any atom is -0.356 e. The number of halogens is 1. The van der Waals surface area contributed by atoms with E-state index in [0.29, 0.717) is 0 Å². The molecular formula is C23H24FN5O. The van der Waals surface area contributed by atoms with Crippen LogP contribution in [0.25, 0.3) is 5.69 Å². The molecule has 1 saturated heterocycles. The number of para-hydroxylation sites is 1. The summed E-state index contributed by atoms with van der Waals surface area (Å²) in [6.45, 7) is 3.88. The molecule has 0 saturated carbocycles. The highest BCUT2D eigenvalue weighted by Crippen LogP contribution is 2.28. The van der Waals surface area contributed by atoms with Crippen molar-refractivity contribution in [1.29, 1.82) is 0 Å².